The van der Waals surface area contributed by atoms with Gasteiger partial charge < -0.3 is 8.98 Å². The van der Waals surface area contributed by atoms with Gasteiger partial charge in [0.25, 0.3) is 0 Å². The molecule has 19 heavy (non-hydrogen) atoms. The van der Waals surface area contributed by atoms with Crippen LogP contribution >= 0.6 is 23.1 Å². The smallest absolute Gasteiger partial charge is 0.168 e. The lowest BCUT2D eigenvalue weighted by atomic mass is 10.5. The van der Waals surface area contributed by atoms with Crippen LogP contribution in [0.2, 0.25) is 0 Å². The zero-order valence-electron chi connectivity index (χ0n) is 10.4. The molecule has 3 aromatic rings. The molecule has 0 N–H and O–H groups in total. The van der Waals surface area contributed by atoms with E-state index >= 15 is 0 Å². The van der Waals surface area contributed by atoms with E-state index in [9.17, 15) is 0 Å². The number of aromatic nitrogens is 3. The van der Waals surface area contributed by atoms with Gasteiger partial charge in [-0.1, -0.05) is 11.8 Å². The summed E-state index contributed by atoms with van der Waals surface area (Å²) in [6.45, 7) is 3.06. The average Bonchev–Trinajstić information content (AvgIpc) is 3.16. The fourth-order valence-electron chi connectivity index (χ4n) is 1.70. The Morgan fingerprint density at radius 1 is 1.47 bits per heavy atom. The van der Waals surface area contributed by atoms with Crippen LogP contribution in [0.3, 0.4) is 0 Å². The molecule has 0 aliphatic carbocycles. The fraction of sp³-hybridized carbons (Fsp3) is 0.231. The quantitative estimate of drug-likeness (QED) is 0.668. The predicted octanol–water partition coefficient (Wildman–Crippen LogP) is 3.91. The molecule has 0 radical (unpaired) electrons. The van der Waals surface area contributed by atoms with Gasteiger partial charge in [-0.25, -0.2) is 9.97 Å². The van der Waals surface area contributed by atoms with Gasteiger partial charge in [-0.3, -0.25) is 0 Å². The lowest BCUT2D eigenvalue weighted by molar-refractivity contribution is 0.581. The van der Waals surface area contributed by atoms with Crippen molar-refractivity contribution in [1.29, 1.82) is 0 Å². The Morgan fingerprint density at radius 3 is 3.21 bits per heavy atom. The van der Waals surface area contributed by atoms with Crippen LogP contribution in [0.25, 0.3) is 10.8 Å². The van der Waals surface area contributed by atoms with E-state index in [1.165, 1.54) is 0 Å². The summed E-state index contributed by atoms with van der Waals surface area (Å²) in [5.41, 5.74) is 1.06. The van der Waals surface area contributed by atoms with Crippen LogP contribution in [0.5, 0.6) is 0 Å². The Morgan fingerprint density at radius 2 is 2.42 bits per heavy atom. The van der Waals surface area contributed by atoms with Crippen LogP contribution in [0.1, 0.15) is 12.6 Å². The number of hydrogen-bond acceptors (Lipinski definition) is 5. The molecule has 0 unspecified atom stereocenters. The first-order valence-corrected chi connectivity index (χ1v) is 7.85. The molecule has 0 aromatic carbocycles. The van der Waals surface area contributed by atoms with Crippen molar-refractivity contribution >= 4 is 23.1 Å². The van der Waals surface area contributed by atoms with Gasteiger partial charge in [0.15, 0.2) is 15.9 Å². The molecule has 0 bridgehead atoms. The molecule has 0 saturated heterocycles. The Hall–Kier alpha value is -1.53. The Balaban J connectivity index is 1.68. The molecule has 3 aromatic heterocycles. The minimum absolute atomic E-state index is 0.828. The molecular formula is C13H13N3OS2. The van der Waals surface area contributed by atoms with Gasteiger partial charge in [-0.2, -0.15) is 0 Å². The summed E-state index contributed by atoms with van der Waals surface area (Å²) in [5, 5.41) is 4.04. The minimum atomic E-state index is 0.828. The van der Waals surface area contributed by atoms with Crippen LogP contribution in [-0.4, -0.2) is 14.5 Å². The van der Waals surface area contributed by atoms with Crippen LogP contribution in [0.4, 0.5) is 0 Å². The summed E-state index contributed by atoms with van der Waals surface area (Å²) >= 11 is 3.32. The third-order valence-electron chi connectivity index (χ3n) is 2.65. The normalized spacial score (nSPS) is 11.0. The number of hydrogen-bond donors (Lipinski definition) is 0. The molecule has 3 rings (SSSR count). The van der Waals surface area contributed by atoms with E-state index in [1.807, 2.05) is 24.5 Å². The van der Waals surface area contributed by atoms with Crippen molar-refractivity contribution in [2.45, 2.75) is 24.4 Å². The molecule has 0 fully saturated rings. The number of thiazole rings is 1. The third-order valence-corrected chi connectivity index (χ3v) is 4.59. The Bertz CT molecular complexity index is 642. The monoisotopic (exact) mass is 291 g/mol. The van der Waals surface area contributed by atoms with Crippen molar-refractivity contribution in [3.05, 3.63) is 41.9 Å². The highest BCUT2D eigenvalue weighted by Crippen LogP contribution is 2.27. The van der Waals surface area contributed by atoms with Gasteiger partial charge in [0.2, 0.25) is 0 Å². The molecule has 0 aliphatic heterocycles. The number of rotatable bonds is 5. The number of furan rings is 1. The van der Waals surface area contributed by atoms with Crippen LogP contribution in [0.15, 0.2) is 45.7 Å². The van der Waals surface area contributed by atoms with Crippen LogP contribution in [0, 0.1) is 0 Å². The largest absolute Gasteiger partial charge is 0.462 e. The summed E-state index contributed by atoms with van der Waals surface area (Å²) in [7, 11) is 0. The predicted molar refractivity (Wildman–Crippen MR) is 77.3 cm³/mol. The highest BCUT2D eigenvalue weighted by molar-refractivity contribution is 7.98. The molecule has 0 spiro atoms. The maximum Gasteiger partial charge on any atom is 0.168 e. The molecule has 3 heterocycles. The first kappa shape index (κ1) is 12.5. The second kappa shape index (κ2) is 5.63. The second-order valence-corrected chi connectivity index (χ2v) is 5.71. The fourth-order valence-corrected chi connectivity index (χ4v) is 3.51. The molecule has 6 heteroatoms. The summed E-state index contributed by atoms with van der Waals surface area (Å²) < 4.78 is 7.47. The molecule has 0 aliphatic rings. The number of aryl methyl sites for hydroxylation is 1. The highest BCUT2D eigenvalue weighted by atomic mass is 32.2. The van der Waals surface area contributed by atoms with Gasteiger partial charge in [-0.15, -0.1) is 11.3 Å². The topological polar surface area (TPSA) is 43.9 Å². The van der Waals surface area contributed by atoms with E-state index in [-0.39, 0.29) is 0 Å². The average molecular weight is 291 g/mol. The van der Waals surface area contributed by atoms with E-state index in [0.717, 1.165) is 33.9 Å². The van der Waals surface area contributed by atoms with Crippen molar-refractivity contribution in [2.75, 3.05) is 0 Å². The van der Waals surface area contributed by atoms with Crippen molar-refractivity contribution in [1.82, 2.24) is 14.5 Å². The van der Waals surface area contributed by atoms with Crippen molar-refractivity contribution < 1.29 is 4.42 Å². The third kappa shape index (κ3) is 2.74. The maximum absolute atomic E-state index is 5.34. The van der Waals surface area contributed by atoms with E-state index < -0.39 is 0 Å². The van der Waals surface area contributed by atoms with Crippen molar-refractivity contribution in [3.63, 3.8) is 0 Å². The summed E-state index contributed by atoms with van der Waals surface area (Å²) in [6, 6.07) is 3.81. The SMILES string of the molecule is CCn1ccnc1SCc1csc(-c2ccco2)n1. The number of imidazole rings is 1. The summed E-state index contributed by atoms with van der Waals surface area (Å²) in [5.74, 6) is 1.66. The second-order valence-electron chi connectivity index (χ2n) is 3.91. The van der Waals surface area contributed by atoms with Gasteiger partial charge >= 0.3 is 0 Å². The number of nitrogens with zero attached hydrogens (tertiary/aromatic N) is 3. The molecular weight excluding hydrogens is 278 g/mol. The zero-order chi connectivity index (χ0) is 13.1. The van der Waals surface area contributed by atoms with Crippen LogP contribution in [-0.2, 0) is 12.3 Å². The Kier molecular flexibility index (Phi) is 3.70. The zero-order valence-corrected chi connectivity index (χ0v) is 12.1. The van der Waals surface area contributed by atoms with E-state index in [1.54, 1.807) is 29.4 Å². The molecule has 98 valence electrons. The summed E-state index contributed by atoms with van der Waals surface area (Å²) in [4.78, 5) is 8.92. The Labute approximate surface area is 119 Å². The molecule has 0 saturated carbocycles. The molecule has 4 nitrogen and oxygen atoms in total. The van der Waals surface area contributed by atoms with Gasteiger partial charge in [0.1, 0.15) is 0 Å². The van der Waals surface area contributed by atoms with E-state index in [0.29, 0.717) is 0 Å². The first-order chi connectivity index (χ1) is 9.36. The lowest BCUT2D eigenvalue weighted by Gasteiger charge is -2.02. The van der Waals surface area contributed by atoms with Crippen molar-refractivity contribution in [2.24, 2.45) is 0 Å². The van der Waals surface area contributed by atoms with Gasteiger partial charge in [0.05, 0.1) is 12.0 Å². The summed E-state index contributed by atoms with van der Waals surface area (Å²) in [6.07, 6.45) is 5.50. The lowest BCUT2D eigenvalue weighted by Crippen LogP contribution is -1.94. The number of thioether (sulfide) groups is 1. The molecule has 0 atom stereocenters. The minimum Gasteiger partial charge on any atom is -0.462 e. The van der Waals surface area contributed by atoms with E-state index in [2.05, 4.69) is 26.8 Å². The van der Waals surface area contributed by atoms with Crippen LogP contribution < -0.4 is 0 Å². The van der Waals surface area contributed by atoms with E-state index in [4.69, 9.17) is 4.42 Å². The molecule has 0 amide bonds. The van der Waals surface area contributed by atoms with Crippen molar-refractivity contribution in [3.8, 4) is 10.8 Å². The van der Waals surface area contributed by atoms with Gasteiger partial charge in [0, 0.05) is 30.1 Å². The highest BCUT2D eigenvalue weighted by Gasteiger charge is 2.08. The van der Waals surface area contributed by atoms with Gasteiger partial charge in [-0.05, 0) is 19.1 Å². The maximum atomic E-state index is 5.34. The standard InChI is InChI=1S/C13H13N3OS2/c1-2-16-6-5-14-13(16)19-9-10-8-18-12(15-10)11-4-3-7-17-11/h3-8H,2,9H2,1H3. The first-order valence-electron chi connectivity index (χ1n) is 5.99.